The fourth-order valence-electron chi connectivity index (χ4n) is 5.95. The second-order valence-electron chi connectivity index (χ2n) is 13.0. The molecule has 6 rings (SSSR count). The molecule has 1 aliphatic rings. The Morgan fingerprint density at radius 1 is 0.851 bits per heavy atom. The zero-order chi connectivity index (χ0) is 33.1. The standard InChI is InChI=1S/C39H40N4O4/c1-5-6-16-35-40-33-22-21-30(43-36(44)26-41(38(43)46)24-27-12-8-7-9-13-27)23-34(33)42(35)25-28-17-19-29(20-18-28)31-14-10-11-15-32(31)37(45)47-39(2,3)4/h7-15,17-23H,5-6,16,24-26H2,1-4H3. The van der Waals surface area contributed by atoms with Crippen LogP contribution in [-0.2, 0) is 29.0 Å². The van der Waals surface area contributed by atoms with Crippen LogP contribution in [0.3, 0.4) is 0 Å². The number of esters is 1. The summed E-state index contributed by atoms with van der Waals surface area (Å²) < 4.78 is 7.85. The van der Waals surface area contributed by atoms with Crippen molar-refractivity contribution in [1.82, 2.24) is 14.5 Å². The number of anilines is 1. The number of aromatic nitrogens is 2. The van der Waals surface area contributed by atoms with Gasteiger partial charge in [-0.05, 0) is 73.7 Å². The van der Waals surface area contributed by atoms with Crippen LogP contribution in [0.4, 0.5) is 10.5 Å². The predicted octanol–water partition coefficient (Wildman–Crippen LogP) is 8.02. The highest BCUT2D eigenvalue weighted by molar-refractivity contribution is 6.20. The van der Waals surface area contributed by atoms with Crippen LogP contribution >= 0.6 is 0 Å². The van der Waals surface area contributed by atoms with Crippen molar-refractivity contribution in [2.24, 2.45) is 0 Å². The van der Waals surface area contributed by atoms with E-state index in [1.54, 1.807) is 11.0 Å². The number of carbonyl (C=O) groups is 3. The number of rotatable bonds is 10. The molecule has 1 saturated heterocycles. The van der Waals surface area contributed by atoms with Gasteiger partial charge < -0.3 is 14.2 Å². The number of urea groups is 1. The lowest BCUT2D eigenvalue weighted by Gasteiger charge is -2.20. The monoisotopic (exact) mass is 628 g/mol. The predicted molar refractivity (Wildman–Crippen MR) is 184 cm³/mol. The smallest absolute Gasteiger partial charge is 0.339 e. The van der Waals surface area contributed by atoms with E-state index in [-0.39, 0.29) is 24.5 Å². The van der Waals surface area contributed by atoms with Crippen LogP contribution in [-0.4, -0.2) is 44.5 Å². The molecule has 0 unspecified atom stereocenters. The number of hydrogen-bond acceptors (Lipinski definition) is 5. The van der Waals surface area contributed by atoms with Crippen LogP contribution in [0.2, 0.25) is 0 Å². The summed E-state index contributed by atoms with van der Waals surface area (Å²) in [5, 5.41) is 0. The Labute approximate surface area is 275 Å². The fourth-order valence-corrected chi connectivity index (χ4v) is 5.95. The van der Waals surface area contributed by atoms with E-state index >= 15 is 0 Å². The molecule has 0 bridgehead atoms. The van der Waals surface area contributed by atoms with Crippen molar-refractivity contribution in [2.75, 3.05) is 11.4 Å². The van der Waals surface area contributed by atoms with Crippen molar-refractivity contribution in [1.29, 1.82) is 0 Å². The first kappa shape index (κ1) is 31.7. The van der Waals surface area contributed by atoms with Gasteiger partial charge in [-0.1, -0.05) is 86.1 Å². The minimum atomic E-state index is -0.589. The summed E-state index contributed by atoms with van der Waals surface area (Å²) in [6.07, 6.45) is 2.84. The summed E-state index contributed by atoms with van der Waals surface area (Å²) in [7, 11) is 0. The molecular formula is C39H40N4O4. The third kappa shape index (κ3) is 6.97. The van der Waals surface area contributed by atoms with Crippen molar-refractivity contribution in [2.45, 2.75) is 65.6 Å². The lowest BCUT2D eigenvalue weighted by Crippen LogP contribution is -2.32. The highest BCUT2D eigenvalue weighted by Crippen LogP contribution is 2.30. The Morgan fingerprint density at radius 3 is 2.28 bits per heavy atom. The van der Waals surface area contributed by atoms with Gasteiger partial charge in [0.05, 0.1) is 22.3 Å². The molecule has 1 aliphatic heterocycles. The molecule has 8 nitrogen and oxygen atoms in total. The number of ether oxygens (including phenoxy) is 1. The molecule has 1 aromatic heterocycles. The van der Waals surface area contributed by atoms with E-state index in [9.17, 15) is 14.4 Å². The summed E-state index contributed by atoms with van der Waals surface area (Å²) in [5.74, 6) is 0.365. The van der Waals surface area contributed by atoms with E-state index in [1.807, 2.05) is 99.6 Å². The Bertz CT molecular complexity index is 1920. The first-order valence-electron chi connectivity index (χ1n) is 16.2. The van der Waals surface area contributed by atoms with Crippen molar-refractivity contribution in [3.8, 4) is 11.1 Å². The van der Waals surface area contributed by atoms with Crippen LogP contribution in [0.5, 0.6) is 0 Å². The van der Waals surface area contributed by atoms with Gasteiger partial charge in [0.15, 0.2) is 0 Å². The molecule has 8 heteroatoms. The summed E-state index contributed by atoms with van der Waals surface area (Å²) in [6.45, 7) is 8.72. The molecule has 2 heterocycles. The van der Waals surface area contributed by atoms with E-state index in [0.717, 1.165) is 58.4 Å². The number of aryl methyl sites for hydroxylation is 1. The number of benzene rings is 4. The summed E-state index contributed by atoms with van der Waals surface area (Å²) in [4.78, 5) is 47.4. The first-order valence-corrected chi connectivity index (χ1v) is 16.2. The maximum atomic E-state index is 13.4. The first-order chi connectivity index (χ1) is 22.6. The van der Waals surface area contributed by atoms with Crippen LogP contribution in [0.15, 0.2) is 97.1 Å². The second-order valence-corrected chi connectivity index (χ2v) is 13.0. The van der Waals surface area contributed by atoms with Crippen LogP contribution in [0, 0.1) is 0 Å². The number of imide groups is 1. The summed E-state index contributed by atoms with van der Waals surface area (Å²) >= 11 is 0. The Hall–Kier alpha value is -5.24. The second kappa shape index (κ2) is 13.2. The molecule has 0 radical (unpaired) electrons. The number of hydrogen-bond donors (Lipinski definition) is 0. The van der Waals surface area contributed by atoms with Gasteiger partial charge in [0.25, 0.3) is 5.91 Å². The molecule has 0 spiro atoms. The van der Waals surface area contributed by atoms with Gasteiger partial charge >= 0.3 is 12.0 Å². The number of imidazole rings is 1. The van der Waals surface area contributed by atoms with E-state index < -0.39 is 5.60 Å². The van der Waals surface area contributed by atoms with Gasteiger partial charge in [-0.25, -0.2) is 19.5 Å². The van der Waals surface area contributed by atoms with Crippen molar-refractivity contribution in [3.63, 3.8) is 0 Å². The van der Waals surface area contributed by atoms with E-state index in [2.05, 4.69) is 23.6 Å². The van der Waals surface area contributed by atoms with E-state index in [1.165, 1.54) is 4.90 Å². The number of nitrogens with zero attached hydrogens (tertiary/aromatic N) is 4. The Morgan fingerprint density at radius 2 is 1.55 bits per heavy atom. The third-order valence-electron chi connectivity index (χ3n) is 8.23. The van der Waals surface area contributed by atoms with Gasteiger partial charge in [-0.15, -0.1) is 0 Å². The molecule has 1 fully saturated rings. The highest BCUT2D eigenvalue weighted by atomic mass is 16.6. The average Bonchev–Trinajstić information content (AvgIpc) is 3.54. The number of amides is 3. The molecule has 0 atom stereocenters. The number of carbonyl (C=O) groups excluding carboxylic acids is 3. The van der Waals surface area contributed by atoms with Gasteiger partial charge in [-0.3, -0.25) is 4.79 Å². The molecule has 3 amide bonds. The molecule has 47 heavy (non-hydrogen) atoms. The maximum Gasteiger partial charge on any atom is 0.339 e. The zero-order valence-electron chi connectivity index (χ0n) is 27.4. The summed E-state index contributed by atoms with van der Waals surface area (Å²) in [6, 6.07) is 30.7. The highest BCUT2D eigenvalue weighted by Gasteiger charge is 2.37. The van der Waals surface area contributed by atoms with Crippen molar-refractivity contribution < 1.29 is 19.1 Å². The zero-order valence-corrected chi connectivity index (χ0v) is 27.4. The maximum absolute atomic E-state index is 13.4. The largest absolute Gasteiger partial charge is 0.456 e. The SMILES string of the molecule is CCCCc1nc2ccc(N3C(=O)CN(Cc4ccccc4)C3=O)cc2n1Cc1ccc(-c2ccccc2C(=O)OC(C)(C)C)cc1. The average molecular weight is 629 g/mol. The number of unbranched alkanes of at least 4 members (excludes halogenated alkanes) is 1. The van der Waals surface area contributed by atoms with Gasteiger partial charge in [0, 0.05) is 19.5 Å². The quantitative estimate of drug-likeness (QED) is 0.116. The summed E-state index contributed by atoms with van der Waals surface area (Å²) in [5.41, 5.74) is 5.95. The van der Waals surface area contributed by atoms with Crippen molar-refractivity contribution >= 4 is 34.6 Å². The fraction of sp³-hybridized carbons (Fsp3) is 0.282. The normalized spacial score (nSPS) is 13.5. The van der Waals surface area contributed by atoms with Crippen LogP contribution in [0.25, 0.3) is 22.2 Å². The topological polar surface area (TPSA) is 84.7 Å². The minimum absolute atomic E-state index is 0.0379. The molecule has 4 aromatic carbocycles. The van der Waals surface area contributed by atoms with Crippen LogP contribution < -0.4 is 4.90 Å². The van der Waals surface area contributed by atoms with Gasteiger partial charge in [-0.2, -0.15) is 0 Å². The van der Waals surface area contributed by atoms with Gasteiger partial charge in [0.1, 0.15) is 18.0 Å². The molecule has 0 N–H and O–H groups in total. The lowest BCUT2D eigenvalue weighted by molar-refractivity contribution is -0.116. The lowest BCUT2D eigenvalue weighted by atomic mass is 9.98. The van der Waals surface area contributed by atoms with E-state index in [0.29, 0.717) is 24.3 Å². The van der Waals surface area contributed by atoms with Crippen LogP contribution in [0.1, 0.15) is 67.8 Å². The molecular weight excluding hydrogens is 588 g/mol. The third-order valence-corrected chi connectivity index (χ3v) is 8.23. The Balaban J connectivity index is 1.29. The minimum Gasteiger partial charge on any atom is -0.456 e. The molecule has 240 valence electrons. The Kier molecular flexibility index (Phi) is 8.94. The van der Waals surface area contributed by atoms with E-state index in [4.69, 9.17) is 9.72 Å². The molecule has 5 aromatic rings. The van der Waals surface area contributed by atoms with Crippen molar-refractivity contribution in [3.05, 3.63) is 120 Å². The molecule has 0 aliphatic carbocycles. The van der Waals surface area contributed by atoms with Gasteiger partial charge in [0.2, 0.25) is 0 Å². The number of fused-ring (bicyclic) bond motifs is 1. The molecule has 0 saturated carbocycles.